The number of amides is 1. The van der Waals surface area contributed by atoms with Crippen molar-refractivity contribution in [2.45, 2.75) is 37.0 Å². The van der Waals surface area contributed by atoms with Crippen LogP contribution < -0.4 is 19.9 Å². The van der Waals surface area contributed by atoms with E-state index in [2.05, 4.69) is 26.6 Å². The van der Waals surface area contributed by atoms with Gasteiger partial charge < -0.3 is 15.5 Å². The Kier molecular flexibility index (Phi) is 10.1. The number of anilines is 1. The number of sulfonamides is 1. The third-order valence-electron chi connectivity index (χ3n) is 6.46. The highest BCUT2D eigenvalue weighted by atomic mass is 79.9. The highest BCUT2D eigenvalue weighted by Gasteiger charge is 2.28. The second-order valence-corrected chi connectivity index (χ2v) is 12.3. The zero-order valence-electron chi connectivity index (χ0n) is 20.9. The van der Waals surface area contributed by atoms with Gasteiger partial charge in [-0.15, -0.1) is 0 Å². The third-order valence-corrected chi connectivity index (χ3v) is 8.84. The van der Waals surface area contributed by atoms with Gasteiger partial charge in [-0.1, -0.05) is 63.0 Å². The van der Waals surface area contributed by atoms with Crippen molar-refractivity contribution < 1.29 is 18.0 Å². The molecule has 0 atom stereocenters. The predicted octanol–water partition coefficient (Wildman–Crippen LogP) is 6.19. The van der Waals surface area contributed by atoms with Crippen molar-refractivity contribution in [1.82, 2.24) is 10.6 Å². The first-order chi connectivity index (χ1) is 18.3. The molecule has 10 heteroatoms. The number of halogens is 2. The standard InChI is InChI=1S/C28H31BrClN3O4S/c29-23-11-14-27(26(30)20-23)37-33(24-7-2-1-3-8-24)38(35,36)25-12-9-22(10-13-25)28(34)32-17-5-4-6-21-15-18-31-19-16-21/h1-3,7-14,20-21,31H,4-6,15-19H2,(H,32,34). The van der Waals surface area contributed by atoms with E-state index >= 15 is 0 Å². The Morgan fingerprint density at radius 3 is 2.42 bits per heavy atom. The van der Waals surface area contributed by atoms with E-state index in [1.165, 1.54) is 43.5 Å². The quantitative estimate of drug-likeness (QED) is 0.197. The summed E-state index contributed by atoms with van der Waals surface area (Å²) in [6.07, 6.45) is 5.65. The van der Waals surface area contributed by atoms with Gasteiger partial charge in [0.1, 0.15) is 0 Å². The van der Waals surface area contributed by atoms with Crippen LogP contribution in [0.3, 0.4) is 0 Å². The molecule has 0 aliphatic carbocycles. The summed E-state index contributed by atoms with van der Waals surface area (Å²) in [6, 6.07) is 19.2. The van der Waals surface area contributed by atoms with Gasteiger partial charge in [-0.05, 0) is 92.9 Å². The van der Waals surface area contributed by atoms with Gasteiger partial charge in [0, 0.05) is 16.6 Å². The molecule has 3 aromatic rings. The molecule has 0 unspecified atom stereocenters. The number of hydrogen-bond acceptors (Lipinski definition) is 5. The molecule has 1 saturated heterocycles. The predicted molar refractivity (Wildman–Crippen MR) is 154 cm³/mol. The van der Waals surface area contributed by atoms with Crippen LogP contribution in [0.5, 0.6) is 5.75 Å². The lowest BCUT2D eigenvalue weighted by Crippen LogP contribution is -2.34. The van der Waals surface area contributed by atoms with Crippen LogP contribution in [0.1, 0.15) is 42.5 Å². The van der Waals surface area contributed by atoms with Crippen LogP contribution in [0.15, 0.2) is 82.2 Å². The van der Waals surface area contributed by atoms with Crippen LogP contribution in [-0.2, 0) is 10.0 Å². The van der Waals surface area contributed by atoms with Crippen molar-refractivity contribution in [3.8, 4) is 5.75 Å². The molecule has 1 amide bonds. The van der Waals surface area contributed by atoms with Gasteiger partial charge in [-0.25, -0.2) is 0 Å². The number of nitrogens with one attached hydrogen (secondary N) is 2. The molecule has 4 rings (SSSR count). The van der Waals surface area contributed by atoms with E-state index in [1.807, 2.05) is 0 Å². The molecule has 2 N–H and O–H groups in total. The van der Waals surface area contributed by atoms with Gasteiger partial charge in [-0.3, -0.25) is 4.79 Å². The Morgan fingerprint density at radius 1 is 1.03 bits per heavy atom. The van der Waals surface area contributed by atoms with Gasteiger partial charge in [0.05, 0.1) is 15.6 Å². The van der Waals surface area contributed by atoms with Crippen molar-refractivity contribution in [2.24, 2.45) is 5.92 Å². The van der Waals surface area contributed by atoms with Crippen LogP contribution in [0.25, 0.3) is 0 Å². The largest absolute Gasteiger partial charge is 0.363 e. The number of piperidine rings is 1. The number of nitrogens with zero attached hydrogens (tertiary/aromatic N) is 1. The Bertz CT molecular complexity index is 1320. The maximum absolute atomic E-state index is 13.6. The SMILES string of the molecule is O=C(NCCCCC1CCNCC1)c1ccc(S(=O)(=O)N(Oc2ccc(Br)cc2Cl)c2ccccc2)cc1. The van der Waals surface area contributed by atoms with Crippen molar-refractivity contribution in [3.63, 3.8) is 0 Å². The minimum atomic E-state index is -4.15. The van der Waals surface area contributed by atoms with Crippen LogP contribution >= 0.6 is 27.5 Å². The minimum absolute atomic E-state index is 0.0203. The first-order valence-electron chi connectivity index (χ1n) is 12.7. The molecule has 1 heterocycles. The number of hydrogen-bond donors (Lipinski definition) is 2. The molecular weight excluding hydrogens is 590 g/mol. The van der Waals surface area contributed by atoms with Gasteiger partial charge in [0.25, 0.3) is 15.9 Å². The van der Waals surface area contributed by atoms with E-state index in [0.29, 0.717) is 17.8 Å². The normalized spacial score (nSPS) is 14.2. The zero-order valence-corrected chi connectivity index (χ0v) is 24.1. The molecule has 3 aromatic carbocycles. The average Bonchev–Trinajstić information content (AvgIpc) is 2.93. The first-order valence-corrected chi connectivity index (χ1v) is 15.3. The van der Waals surface area contributed by atoms with Gasteiger partial charge in [0.15, 0.2) is 5.75 Å². The second kappa shape index (κ2) is 13.5. The van der Waals surface area contributed by atoms with E-state index < -0.39 is 10.0 Å². The Hall–Kier alpha value is -2.59. The number of para-hydroxylation sites is 1. The van der Waals surface area contributed by atoms with Crippen molar-refractivity contribution in [1.29, 1.82) is 0 Å². The number of benzene rings is 3. The lowest BCUT2D eigenvalue weighted by molar-refractivity contribution is 0.0952. The molecule has 1 aliphatic rings. The molecule has 0 aromatic heterocycles. The fourth-order valence-electron chi connectivity index (χ4n) is 4.34. The topological polar surface area (TPSA) is 87.7 Å². The summed E-state index contributed by atoms with van der Waals surface area (Å²) >= 11 is 9.63. The average molecular weight is 621 g/mol. The molecule has 1 fully saturated rings. The van der Waals surface area contributed by atoms with E-state index in [0.717, 1.165) is 40.8 Å². The lowest BCUT2D eigenvalue weighted by atomic mass is 9.92. The Morgan fingerprint density at radius 2 is 1.74 bits per heavy atom. The van der Waals surface area contributed by atoms with Gasteiger partial charge >= 0.3 is 0 Å². The van der Waals surface area contributed by atoms with Crippen LogP contribution in [0, 0.1) is 5.92 Å². The highest BCUT2D eigenvalue weighted by Crippen LogP contribution is 2.32. The summed E-state index contributed by atoms with van der Waals surface area (Å²) in [5.74, 6) is 0.729. The van der Waals surface area contributed by atoms with Gasteiger partial charge in [0.2, 0.25) is 0 Å². The molecule has 202 valence electrons. The highest BCUT2D eigenvalue weighted by molar-refractivity contribution is 9.10. The number of rotatable bonds is 11. The van der Waals surface area contributed by atoms with Gasteiger partial charge in [-0.2, -0.15) is 8.42 Å². The van der Waals surface area contributed by atoms with Crippen LogP contribution in [0.2, 0.25) is 5.02 Å². The smallest absolute Gasteiger partial charge is 0.295 e. The first kappa shape index (κ1) is 28.4. The van der Waals surface area contributed by atoms with E-state index in [-0.39, 0.29) is 21.6 Å². The molecule has 38 heavy (non-hydrogen) atoms. The number of unbranched alkanes of at least 4 members (excludes halogenated alkanes) is 1. The Labute approximate surface area is 237 Å². The van der Waals surface area contributed by atoms with E-state index in [1.54, 1.807) is 48.5 Å². The molecule has 0 radical (unpaired) electrons. The summed E-state index contributed by atoms with van der Waals surface area (Å²) in [5, 5.41) is 6.56. The van der Waals surface area contributed by atoms with Crippen LogP contribution in [-0.4, -0.2) is 34.0 Å². The molecule has 0 saturated carbocycles. The Balaban J connectivity index is 1.41. The minimum Gasteiger partial charge on any atom is -0.363 e. The number of carbonyl (C=O) groups excluding carboxylic acids is 1. The molecular formula is C28H31BrClN3O4S. The summed E-state index contributed by atoms with van der Waals surface area (Å²) < 4.78 is 28.8. The lowest BCUT2D eigenvalue weighted by Gasteiger charge is -2.24. The maximum Gasteiger partial charge on any atom is 0.295 e. The fraction of sp³-hybridized carbons (Fsp3) is 0.321. The summed E-state index contributed by atoms with van der Waals surface area (Å²) in [7, 11) is -4.15. The molecule has 0 spiro atoms. The van der Waals surface area contributed by atoms with Crippen molar-refractivity contribution in [3.05, 3.63) is 87.9 Å². The summed E-state index contributed by atoms with van der Waals surface area (Å²) in [6.45, 7) is 2.79. The monoisotopic (exact) mass is 619 g/mol. The summed E-state index contributed by atoms with van der Waals surface area (Å²) in [4.78, 5) is 18.4. The maximum atomic E-state index is 13.6. The molecule has 7 nitrogen and oxygen atoms in total. The van der Waals surface area contributed by atoms with E-state index in [4.69, 9.17) is 16.4 Å². The van der Waals surface area contributed by atoms with E-state index in [9.17, 15) is 13.2 Å². The molecule has 1 aliphatic heterocycles. The van der Waals surface area contributed by atoms with Crippen molar-refractivity contribution >= 4 is 49.1 Å². The second-order valence-electron chi connectivity index (χ2n) is 9.20. The van der Waals surface area contributed by atoms with Crippen LogP contribution in [0.4, 0.5) is 5.69 Å². The number of carbonyl (C=O) groups is 1. The summed E-state index contributed by atoms with van der Waals surface area (Å²) in [5.41, 5.74) is 0.697. The molecule has 0 bridgehead atoms. The third kappa shape index (κ3) is 7.50. The zero-order chi connectivity index (χ0) is 27.0. The van der Waals surface area contributed by atoms with Crippen molar-refractivity contribution in [2.75, 3.05) is 24.1 Å². The fourth-order valence-corrected chi connectivity index (χ4v) is 6.29.